The number of ether oxygens (including phenoxy) is 1. The summed E-state index contributed by atoms with van der Waals surface area (Å²) in [7, 11) is 1.70. The van der Waals surface area contributed by atoms with E-state index < -0.39 is 0 Å². The summed E-state index contributed by atoms with van der Waals surface area (Å²) < 4.78 is 7.54. The molecule has 1 unspecified atom stereocenters. The Hall–Kier alpha value is -1.74. The largest absolute Gasteiger partial charge is 0.497 e. The first-order valence-electron chi connectivity index (χ1n) is 7.76. The Labute approximate surface area is 127 Å². The standard InChI is InChI=1S/C18H26N2O/c1-4-12-19-15(2)18-6-5-13-20(18)14-11-16-7-9-17(21-3)10-8-16/h5-10,13,15,19H,4,11-12,14H2,1-3H3. The number of aryl methyl sites for hydroxylation is 2. The molecule has 0 radical (unpaired) electrons. The second-order valence-corrected chi connectivity index (χ2v) is 5.40. The van der Waals surface area contributed by atoms with Gasteiger partial charge in [-0.1, -0.05) is 19.1 Å². The molecule has 0 spiro atoms. The average molecular weight is 286 g/mol. The van der Waals surface area contributed by atoms with Crippen LogP contribution in [-0.4, -0.2) is 18.2 Å². The van der Waals surface area contributed by atoms with Gasteiger partial charge in [0.2, 0.25) is 0 Å². The van der Waals surface area contributed by atoms with E-state index in [2.05, 4.69) is 54.2 Å². The van der Waals surface area contributed by atoms with Crippen LogP contribution in [0.2, 0.25) is 0 Å². The van der Waals surface area contributed by atoms with Gasteiger partial charge in [-0.15, -0.1) is 0 Å². The number of nitrogens with zero attached hydrogens (tertiary/aromatic N) is 1. The van der Waals surface area contributed by atoms with Gasteiger partial charge in [-0.2, -0.15) is 0 Å². The Morgan fingerprint density at radius 3 is 2.62 bits per heavy atom. The van der Waals surface area contributed by atoms with Crippen LogP contribution in [0.3, 0.4) is 0 Å². The Balaban J connectivity index is 1.95. The minimum absolute atomic E-state index is 0.399. The fraction of sp³-hybridized carbons (Fsp3) is 0.444. The predicted octanol–water partition coefficient (Wildman–Crippen LogP) is 3.80. The summed E-state index contributed by atoms with van der Waals surface area (Å²) in [6.45, 7) is 6.49. The van der Waals surface area contributed by atoms with Crippen LogP contribution in [0.25, 0.3) is 0 Å². The maximum Gasteiger partial charge on any atom is 0.118 e. The van der Waals surface area contributed by atoms with Crippen LogP contribution in [0.5, 0.6) is 5.75 Å². The van der Waals surface area contributed by atoms with Crippen molar-refractivity contribution < 1.29 is 4.74 Å². The molecule has 1 atom stereocenters. The van der Waals surface area contributed by atoms with Gasteiger partial charge >= 0.3 is 0 Å². The van der Waals surface area contributed by atoms with Gasteiger partial charge in [-0.25, -0.2) is 0 Å². The summed E-state index contributed by atoms with van der Waals surface area (Å²) in [6, 6.07) is 13.1. The van der Waals surface area contributed by atoms with Gasteiger partial charge in [-0.05, 0) is 56.1 Å². The smallest absolute Gasteiger partial charge is 0.118 e. The number of benzene rings is 1. The van der Waals surface area contributed by atoms with Gasteiger partial charge < -0.3 is 14.6 Å². The molecule has 1 aromatic heterocycles. The quantitative estimate of drug-likeness (QED) is 0.799. The summed E-state index contributed by atoms with van der Waals surface area (Å²) in [5.74, 6) is 0.915. The van der Waals surface area contributed by atoms with Crippen LogP contribution in [0.15, 0.2) is 42.6 Å². The number of rotatable bonds is 8. The van der Waals surface area contributed by atoms with Crippen molar-refractivity contribution in [2.75, 3.05) is 13.7 Å². The SMILES string of the molecule is CCCNC(C)c1cccn1CCc1ccc(OC)cc1. The number of hydrogen-bond donors (Lipinski definition) is 1. The fourth-order valence-electron chi connectivity index (χ4n) is 2.53. The molecule has 0 amide bonds. The van der Waals surface area contributed by atoms with Crippen molar-refractivity contribution in [1.82, 2.24) is 9.88 Å². The molecule has 114 valence electrons. The minimum Gasteiger partial charge on any atom is -0.497 e. The molecule has 0 aliphatic heterocycles. The van der Waals surface area contributed by atoms with Gasteiger partial charge in [0, 0.05) is 24.5 Å². The van der Waals surface area contributed by atoms with E-state index in [1.807, 2.05) is 12.1 Å². The van der Waals surface area contributed by atoms with E-state index in [-0.39, 0.29) is 0 Å². The molecule has 0 fully saturated rings. The molecule has 3 heteroatoms. The van der Waals surface area contributed by atoms with E-state index in [9.17, 15) is 0 Å². The molecule has 1 N–H and O–H groups in total. The molecule has 1 aromatic carbocycles. The highest BCUT2D eigenvalue weighted by molar-refractivity contribution is 5.27. The topological polar surface area (TPSA) is 26.2 Å². The van der Waals surface area contributed by atoms with E-state index in [0.717, 1.165) is 31.7 Å². The number of methoxy groups -OCH3 is 1. The van der Waals surface area contributed by atoms with Crippen molar-refractivity contribution in [3.8, 4) is 5.75 Å². The van der Waals surface area contributed by atoms with Crippen molar-refractivity contribution in [3.63, 3.8) is 0 Å². The van der Waals surface area contributed by atoms with Crippen molar-refractivity contribution in [2.45, 2.75) is 39.3 Å². The van der Waals surface area contributed by atoms with Crippen molar-refractivity contribution in [1.29, 1.82) is 0 Å². The molecule has 21 heavy (non-hydrogen) atoms. The molecular formula is C18H26N2O. The first-order valence-corrected chi connectivity index (χ1v) is 7.76. The van der Waals surface area contributed by atoms with Crippen LogP contribution in [0, 0.1) is 0 Å². The molecule has 2 aromatic rings. The zero-order chi connectivity index (χ0) is 15.1. The molecule has 0 saturated heterocycles. The summed E-state index contributed by atoms with van der Waals surface area (Å²) in [5.41, 5.74) is 2.70. The number of hydrogen-bond acceptors (Lipinski definition) is 2. The molecule has 0 bridgehead atoms. The average Bonchev–Trinajstić information content (AvgIpc) is 2.99. The number of nitrogens with one attached hydrogen (secondary N) is 1. The Morgan fingerprint density at radius 1 is 1.19 bits per heavy atom. The third-order valence-corrected chi connectivity index (χ3v) is 3.81. The van der Waals surface area contributed by atoms with E-state index >= 15 is 0 Å². The summed E-state index contributed by atoms with van der Waals surface area (Å²) in [5, 5.41) is 3.55. The van der Waals surface area contributed by atoms with Gasteiger partial charge in [0.05, 0.1) is 7.11 Å². The lowest BCUT2D eigenvalue weighted by Crippen LogP contribution is -2.22. The lowest BCUT2D eigenvalue weighted by Gasteiger charge is -2.17. The third-order valence-electron chi connectivity index (χ3n) is 3.81. The zero-order valence-corrected chi connectivity index (χ0v) is 13.3. The maximum absolute atomic E-state index is 5.19. The van der Waals surface area contributed by atoms with Gasteiger partial charge in [0.25, 0.3) is 0 Å². The highest BCUT2D eigenvalue weighted by Crippen LogP contribution is 2.16. The molecule has 2 rings (SSSR count). The van der Waals surface area contributed by atoms with Crippen LogP contribution in [-0.2, 0) is 13.0 Å². The second-order valence-electron chi connectivity index (χ2n) is 5.40. The Bertz CT molecular complexity index is 530. The monoisotopic (exact) mass is 286 g/mol. The first-order chi connectivity index (χ1) is 10.2. The highest BCUT2D eigenvalue weighted by atomic mass is 16.5. The second kappa shape index (κ2) is 7.89. The van der Waals surface area contributed by atoms with Gasteiger partial charge in [0.15, 0.2) is 0 Å². The highest BCUT2D eigenvalue weighted by Gasteiger charge is 2.09. The Kier molecular flexibility index (Phi) is 5.88. The third kappa shape index (κ3) is 4.36. The molecule has 3 nitrogen and oxygen atoms in total. The minimum atomic E-state index is 0.399. The van der Waals surface area contributed by atoms with Gasteiger partial charge in [0.1, 0.15) is 5.75 Å². The van der Waals surface area contributed by atoms with Crippen LogP contribution in [0.4, 0.5) is 0 Å². The lowest BCUT2D eigenvalue weighted by atomic mass is 10.1. The maximum atomic E-state index is 5.19. The molecule has 1 heterocycles. The van der Waals surface area contributed by atoms with Crippen molar-refractivity contribution in [2.24, 2.45) is 0 Å². The van der Waals surface area contributed by atoms with Crippen molar-refractivity contribution >= 4 is 0 Å². The zero-order valence-electron chi connectivity index (χ0n) is 13.3. The molecule has 0 aliphatic rings. The Morgan fingerprint density at radius 2 is 1.95 bits per heavy atom. The van der Waals surface area contributed by atoms with Crippen molar-refractivity contribution in [3.05, 3.63) is 53.9 Å². The van der Waals surface area contributed by atoms with Crippen LogP contribution in [0.1, 0.15) is 37.6 Å². The van der Waals surface area contributed by atoms with E-state index in [1.54, 1.807) is 7.11 Å². The molecule has 0 saturated carbocycles. The van der Waals surface area contributed by atoms with E-state index in [4.69, 9.17) is 4.74 Å². The van der Waals surface area contributed by atoms with Gasteiger partial charge in [-0.3, -0.25) is 0 Å². The van der Waals surface area contributed by atoms with Crippen LogP contribution < -0.4 is 10.1 Å². The summed E-state index contributed by atoms with van der Waals surface area (Å²) in [6.07, 6.45) is 4.37. The first kappa shape index (κ1) is 15.6. The van der Waals surface area contributed by atoms with Crippen LogP contribution >= 0.6 is 0 Å². The lowest BCUT2D eigenvalue weighted by molar-refractivity contribution is 0.414. The summed E-state index contributed by atoms with van der Waals surface area (Å²) in [4.78, 5) is 0. The normalized spacial score (nSPS) is 12.3. The molecular weight excluding hydrogens is 260 g/mol. The fourth-order valence-corrected chi connectivity index (χ4v) is 2.53. The molecule has 0 aliphatic carbocycles. The summed E-state index contributed by atoms with van der Waals surface area (Å²) >= 11 is 0. The van der Waals surface area contributed by atoms with E-state index in [1.165, 1.54) is 11.3 Å². The number of aromatic nitrogens is 1. The predicted molar refractivity (Wildman–Crippen MR) is 87.8 cm³/mol. The van der Waals surface area contributed by atoms with E-state index in [0.29, 0.717) is 6.04 Å².